The molecule has 0 bridgehead atoms. The molecule has 0 aliphatic carbocycles. The topological polar surface area (TPSA) is 81.5 Å². The Morgan fingerprint density at radius 1 is 1.19 bits per heavy atom. The summed E-state index contributed by atoms with van der Waals surface area (Å²) < 4.78 is 5.61. The van der Waals surface area contributed by atoms with Crippen molar-refractivity contribution in [1.29, 1.82) is 0 Å². The number of nitro groups is 1. The molecule has 2 aromatic rings. The average Bonchev–Trinajstić information content (AvgIpc) is 2.65. The van der Waals surface area contributed by atoms with Gasteiger partial charge in [-0.15, -0.1) is 6.58 Å². The normalized spacial score (nSPS) is 9.54. The van der Waals surface area contributed by atoms with Gasteiger partial charge in [0, 0.05) is 6.07 Å². The number of nitro benzene ring substituents is 1. The maximum atomic E-state index is 12.0. The smallest absolute Gasteiger partial charge is 0.282 e. The SMILES string of the molecule is C=CCc1ccccc1OCC#CCNC(=O)c1ccccc1[N+](=O)[O-]. The average molecular weight is 350 g/mol. The van der Waals surface area contributed by atoms with Crippen LogP contribution in [0.1, 0.15) is 15.9 Å². The monoisotopic (exact) mass is 350 g/mol. The fourth-order valence-corrected chi connectivity index (χ4v) is 2.24. The molecule has 0 heterocycles. The van der Waals surface area contributed by atoms with Crippen LogP contribution in [0, 0.1) is 22.0 Å². The zero-order chi connectivity index (χ0) is 18.8. The molecular formula is C20H18N2O4. The molecule has 0 unspecified atom stereocenters. The highest BCUT2D eigenvalue weighted by Crippen LogP contribution is 2.18. The quantitative estimate of drug-likeness (QED) is 0.360. The van der Waals surface area contributed by atoms with E-state index in [-0.39, 0.29) is 24.4 Å². The summed E-state index contributed by atoms with van der Waals surface area (Å²) >= 11 is 0. The summed E-state index contributed by atoms with van der Waals surface area (Å²) in [4.78, 5) is 22.4. The van der Waals surface area contributed by atoms with Gasteiger partial charge in [0.2, 0.25) is 0 Å². The van der Waals surface area contributed by atoms with Crippen LogP contribution in [0.4, 0.5) is 5.69 Å². The summed E-state index contributed by atoms with van der Waals surface area (Å²) in [5.41, 5.74) is 0.794. The molecule has 6 heteroatoms. The molecule has 0 fully saturated rings. The van der Waals surface area contributed by atoms with Crippen LogP contribution in [0.5, 0.6) is 5.75 Å². The number of carbonyl (C=O) groups is 1. The minimum absolute atomic E-state index is 0.00824. The van der Waals surface area contributed by atoms with Crippen LogP contribution in [0.2, 0.25) is 0 Å². The number of amides is 1. The second kappa shape index (κ2) is 9.64. The first-order valence-electron chi connectivity index (χ1n) is 7.92. The predicted octanol–water partition coefficient (Wildman–Crippen LogP) is 3.14. The predicted molar refractivity (Wildman–Crippen MR) is 99.0 cm³/mol. The molecule has 0 saturated heterocycles. The largest absolute Gasteiger partial charge is 0.481 e. The molecule has 132 valence electrons. The van der Waals surface area contributed by atoms with Crippen molar-refractivity contribution < 1.29 is 14.5 Å². The van der Waals surface area contributed by atoms with Crippen LogP contribution in [-0.4, -0.2) is 24.0 Å². The van der Waals surface area contributed by atoms with Gasteiger partial charge in [0.15, 0.2) is 0 Å². The first kappa shape index (κ1) is 18.7. The van der Waals surface area contributed by atoms with Crippen LogP contribution in [0.25, 0.3) is 0 Å². The van der Waals surface area contributed by atoms with E-state index in [1.807, 2.05) is 24.3 Å². The lowest BCUT2D eigenvalue weighted by atomic mass is 10.1. The van der Waals surface area contributed by atoms with Gasteiger partial charge in [-0.1, -0.05) is 48.2 Å². The second-order valence-electron chi connectivity index (χ2n) is 5.20. The molecule has 6 nitrogen and oxygen atoms in total. The fraction of sp³-hybridized carbons (Fsp3) is 0.150. The van der Waals surface area contributed by atoms with E-state index in [9.17, 15) is 14.9 Å². The van der Waals surface area contributed by atoms with E-state index in [0.29, 0.717) is 6.42 Å². The first-order valence-corrected chi connectivity index (χ1v) is 7.92. The van der Waals surface area contributed by atoms with Crippen molar-refractivity contribution in [2.24, 2.45) is 0 Å². The van der Waals surface area contributed by atoms with Crippen molar-refractivity contribution in [3.8, 4) is 17.6 Å². The summed E-state index contributed by atoms with van der Waals surface area (Å²) in [6.45, 7) is 3.96. The molecule has 0 atom stereocenters. The van der Waals surface area contributed by atoms with Gasteiger partial charge >= 0.3 is 0 Å². The number of ether oxygens (including phenoxy) is 1. The second-order valence-corrected chi connectivity index (χ2v) is 5.20. The van der Waals surface area contributed by atoms with Crippen molar-refractivity contribution in [2.75, 3.05) is 13.2 Å². The van der Waals surface area contributed by atoms with E-state index in [0.717, 1.165) is 11.3 Å². The number of nitrogens with zero attached hydrogens (tertiary/aromatic N) is 1. The van der Waals surface area contributed by atoms with Crippen LogP contribution >= 0.6 is 0 Å². The Balaban J connectivity index is 1.85. The van der Waals surface area contributed by atoms with E-state index in [1.165, 1.54) is 18.2 Å². The Morgan fingerprint density at radius 2 is 1.92 bits per heavy atom. The molecule has 1 amide bonds. The summed E-state index contributed by atoms with van der Waals surface area (Å²) in [6, 6.07) is 13.4. The lowest BCUT2D eigenvalue weighted by molar-refractivity contribution is -0.385. The van der Waals surface area contributed by atoms with Crippen molar-refractivity contribution in [1.82, 2.24) is 5.32 Å². The Hall–Kier alpha value is -3.59. The van der Waals surface area contributed by atoms with Gasteiger partial charge in [0.25, 0.3) is 11.6 Å². The molecular weight excluding hydrogens is 332 g/mol. The minimum atomic E-state index is -0.588. The van der Waals surface area contributed by atoms with Crippen LogP contribution < -0.4 is 10.1 Å². The standard InChI is InChI=1S/C20H18N2O4/c1-2-9-16-10-3-6-13-19(16)26-15-8-7-14-21-20(23)17-11-4-5-12-18(17)22(24)25/h2-6,10-13H,1,9,14-15H2,(H,21,23). The summed E-state index contributed by atoms with van der Waals surface area (Å²) in [7, 11) is 0. The van der Waals surface area contributed by atoms with Crippen molar-refractivity contribution >= 4 is 11.6 Å². The highest BCUT2D eigenvalue weighted by molar-refractivity contribution is 5.98. The van der Waals surface area contributed by atoms with E-state index in [1.54, 1.807) is 12.1 Å². The van der Waals surface area contributed by atoms with Crippen molar-refractivity contribution in [3.05, 3.63) is 82.4 Å². The van der Waals surface area contributed by atoms with Gasteiger partial charge in [-0.05, 0) is 24.1 Å². The maximum Gasteiger partial charge on any atom is 0.282 e. The van der Waals surface area contributed by atoms with Crippen LogP contribution in [-0.2, 0) is 6.42 Å². The third kappa shape index (κ3) is 5.21. The third-order valence-electron chi connectivity index (χ3n) is 3.44. The zero-order valence-electron chi connectivity index (χ0n) is 14.1. The van der Waals surface area contributed by atoms with E-state index in [4.69, 9.17) is 4.74 Å². The number of hydrogen-bond donors (Lipinski definition) is 1. The van der Waals surface area contributed by atoms with Gasteiger partial charge in [0.05, 0.1) is 11.5 Å². The molecule has 0 spiro atoms. The Morgan fingerprint density at radius 3 is 2.69 bits per heavy atom. The summed E-state index contributed by atoms with van der Waals surface area (Å²) in [5.74, 6) is 5.76. The highest BCUT2D eigenvalue weighted by Gasteiger charge is 2.18. The number of rotatable bonds is 7. The number of nitrogens with one attached hydrogen (secondary N) is 1. The van der Waals surface area contributed by atoms with Gasteiger partial charge < -0.3 is 10.1 Å². The van der Waals surface area contributed by atoms with Gasteiger partial charge in [-0.25, -0.2) is 0 Å². The van der Waals surface area contributed by atoms with Gasteiger partial charge in [-0.2, -0.15) is 0 Å². The molecule has 0 radical (unpaired) electrons. The Bertz CT molecular complexity index is 865. The molecule has 26 heavy (non-hydrogen) atoms. The summed E-state index contributed by atoms with van der Waals surface area (Å²) in [6.07, 6.45) is 2.50. The van der Waals surface area contributed by atoms with E-state index >= 15 is 0 Å². The molecule has 2 aromatic carbocycles. The molecule has 0 saturated carbocycles. The molecule has 0 aliphatic heterocycles. The number of carbonyl (C=O) groups excluding carboxylic acids is 1. The Kier molecular flexibility index (Phi) is 6.95. The van der Waals surface area contributed by atoms with Crippen LogP contribution in [0.3, 0.4) is 0 Å². The molecule has 0 aromatic heterocycles. The third-order valence-corrected chi connectivity index (χ3v) is 3.44. The lowest BCUT2D eigenvalue weighted by Gasteiger charge is -2.07. The zero-order valence-corrected chi connectivity index (χ0v) is 14.1. The number of para-hydroxylation sites is 2. The maximum absolute atomic E-state index is 12.0. The molecule has 1 N–H and O–H groups in total. The van der Waals surface area contributed by atoms with E-state index in [2.05, 4.69) is 23.7 Å². The van der Waals surface area contributed by atoms with Crippen molar-refractivity contribution in [2.45, 2.75) is 6.42 Å². The van der Waals surface area contributed by atoms with E-state index < -0.39 is 10.8 Å². The number of allylic oxidation sites excluding steroid dienone is 1. The van der Waals surface area contributed by atoms with Crippen molar-refractivity contribution in [3.63, 3.8) is 0 Å². The number of benzene rings is 2. The van der Waals surface area contributed by atoms with Gasteiger partial charge in [-0.3, -0.25) is 14.9 Å². The first-order chi connectivity index (χ1) is 12.6. The number of hydrogen-bond acceptors (Lipinski definition) is 4. The Labute approximate surface area is 151 Å². The van der Waals surface area contributed by atoms with Crippen LogP contribution in [0.15, 0.2) is 61.2 Å². The van der Waals surface area contributed by atoms with Gasteiger partial charge in [0.1, 0.15) is 17.9 Å². The summed E-state index contributed by atoms with van der Waals surface area (Å²) in [5, 5.41) is 13.5. The fourth-order valence-electron chi connectivity index (χ4n) is 2.24. The molecule has 0 aliphatic rings. The lowest BCUT2D eigenvalue weighted by Crippen LogP contribution is -2.24. The minimum Gasteiger partial charge on any atom is -0.481 e. The highest BCUT2D eigenvalue weighted by atomic mass is 16.6. The molecule has 2 rings (SSSR count).